The number of carbonyl (C=O) groups excluding carboxylic acids is 1. The summed E-state index contributed by atoms with van der Waals surface area (Å²) in [5.41, 5.74) is 2.26. The molecule has 1 aromatic carbocycles. The van der Waals surface area contributed by atoms with E-state index >= 15 is 0 Å². The van der Waals surface area contributed by atoms with Gasteiger partial charge < -0.3 is 10.4 Å². The molecule has 0 saturated carbocycles. The van der Waals surface area contributed by atoms with Crippen LogP contribution in [0.4, 0.5) is 0 Å². The van der Waals surface area contributed by atoms with Crippen LogP contribution < -0.4 is 0 Å². The summed E-state index contributed by atoms with van der Waals surface area (Å²) in [7, 11) is 0. The molecule has 0 aliphatic carbocycles. The summed E-state index contributed by atoms with van der Waals surface area (Å²) < 4.78 is 0. The van der Waals surface area contributed by atoms with Crippen LogP contribution in [0, 0.1) is 5.41 Å². The molecule has 1 atom stereocenters. The van der Waals surface area contributed by atoms with Crippen molar-refractivity contribution in [1.82, 2.24) is 4.90 Å². The Morgan fingerprint density at radius 1 is 1.19 bits per heavy atom. The Bertz CT molecular complexity index is 454. The highest BCUT2D eigenvalue weighted by Gasteiger charge is 2.36. The van der Waals surface area contributed by atoms with Crippen molar-refractivity contribution >= 4 is 5.91 Å². The molecule has 1 unspecified atom stereocenters. The maximum absolute atomic E-state index is 12.4. The summed E-state index contributed by atoms with van der Waals surface area (Å²) >= 11 is 0. The van der Waals surface area contributed by atoms with Gasteiger partial charge in [-0.2, -0.15) is 0 Å². The van der Waals surface area contributed by atoms with Gasteiger partial charge in [0.25, 0.3) is 5.91 Å². The molecule has 0 fully saturated rings. The molecule has 1 aromatic rings. The lowest BCUT2D eigenvalue weighted by atomic mass is 9.87. The summed E-state index contributed by atoms with van der Waals surface area (Å²) in [6.07, 6.45) is 2.32. The number of carbonyl (C=O) groups is 1. The number of nitrogens with zero attached hydrogens (tertiary/aromatic N) is 1. The number of amides is 1. The third kappa shape index (κ3) is 4.31. The van der Waals surface area contributed by atoms with Crippen molar-refractivity contribution in [2.75, 3.05) is 6.54 Å². The van der Waals surface area contributed by atoms with Crippen molar-refractivity contribution in [3.63, 3.8) is 0 Å². The number of hydrogen-bond donors (Lipinski definition) is 0. The second kappa shape index (κ2) is 8.18. The lowest BCUT2D eigenvalue weighted by Gasteiger charge is -2.32. The van der Waals surface area contributed by atoms with Crippen LogP contribution >= 0.6 is 0 Å². The van der Waals surface area contributed by atoms with E-state index in [1.165, 1.54) is 5.56 Å². The van der Waals surface area contributed by atoms with E-state index in [-0.39, 0.29) is 22.8 Å². The Balaban J connectivity index is 0.00000128. The van der Waals surface area contributed by atoms with Crippen LogP contribution in [0.15, 0.2) is 24.3 Å². The Morgan fingerprint density at radius 2 is 1.76 bits per heavy atom. The Hall–Kier alpha value is -1.35. The van der Waals surface area contributed by atoms with Gasteiger partial charge in [-0.1, -0.05) is 59.2 Å². The van der Waals surface area contributed by atoms with E-state index in [0.717, 1.165) is 24.9 Å². The molecule has 0 bridgehead atoms. The van der Waals surface area contributed by atoms with Gasteiger partial charge in [0.2, 0.25) is 0 Å². The largest absolute Gasteiger partial charge is 0.412 e. The van der Waals surface area contributed by atoms with E-state index in [1.807, 2.05) is 36.9 Å². The number of rotatable bonds is 4. The predicted molar refractivity (Wildman–Crippen MR) is 89.5 cm³/mol. The topological polar surface area (TPSA) is 51.8 Å². The standard InChI is InChI=1S/C16H23NO.C2H6.H2O/c1-5-10-16(3,4)11-17-12(2)13-8-6-7-9-14(13)15(17)18;1-2;/h6-9,12H,5,10-11H2,1-4H3;1-2H3;1H2. The molecule has 1 heterocycles. The van der Waals surface area contributed by atoms with Crippen molar-refractivity contribution in [3.8, 4) is 0 Å². The maximum atomic E-state index is 12.4. The van der Waals surface area contributed by atoms with Gasteiger partial charge in [0.05, 0.1) is 6.04 Å². The summed E-state index contributed by atoms with van der Waals surface area (Å²) in [6, 6.07) is 8.20. The molecule has 3 nitrogen and oxygen atoms in total. The number of benzene rings is 1. The van der Waals surface area contributed by atoms with Crippen molar-refractivity contribution in [1.29, 1.82) is 0 Å². The molecule has 3 heteroatoms. The van der Waals surface area contributed by atoms with E-state index in [4.69, 9.17) is 0 Å². The first-order valence-corrected chi connectivity index (χ1v) is 7.86. The minimum Gasteiger partial charge on any atom is -0.412 e. The smallest absolute Gasteiger partial charge is 0.254 e. The van der Waals surface area contributed by atoms with Gasteiger partial charge in [-0.3, -0.25) is 4.79 Å². The molecule has 0 aromatic heterocycles. The van der Waals surface area contributed by atoms with Gasteiger partial charge in [-0.05, 0) is 30.4 Å². The molecule has 2 rings (SSSR count). The van der Waals surface area contributed by atoms with Gasteiger partial charge in [0.15, 0.2) is 0 Å². The van der Waals surface area contributed by atoms with Gasteiger partial charge in [-0.25, -0.2) is 0 Å². The number of hydrogen-bond acceptors (Lipinski definition) is 1. The molecular formula is C18H31NO2. The van der Waals surface area contributed by atoms with E-state index in [9.17, 15) is 4.79 Å². The van der Waals surface area contributed by atoms with Gasteiger partial charge >= 0.3 is 0 Å². The normalized spacial score (nSPS) is 16.8. The average molecular weight is 293 g/mol. The Morgan fingerprint density at radius 3 is 2.29 bits per heavy atom. The van der Waals surface area contributed by atoms with Crippen LogP contribution in [0.25, 0.3) is 0 Å². The van der Waals surface area contributed by atoms with Crippen LogP contribution in [0.1, 0.15) is 76.3 Å². The second-order valence-electron chi connectivity index (χ2n) is 6.11. The lowest BCUT2D eigenvalue weighted by Crippen LogP contribution is -2.36. The van der Waals surface area contributed by atoms with E-state index < -0.39 is 0 Å². The fourth-order valence-electron chi connectivity index (χ4n) is 2.98. The van der Waals surface area contributed by atoms with Crippen LogP contribution in [0.2, 0.25) is 0 Å². The van der Waals surface area contributed by atoms with Crippen LogP contribution in [0.3, 0.4) is 0 Å². The molecular weight excluding hydrogens is 262 g/mol. The van der Waals surface area contributed by atoms with Gasteiger partial charge in [0, 0.05) is 12.1 Å². The average Bonchev–Trinajstić information content (AvgIpc) is 2.66. The van der Waals surface area contributed by atoms with Crippen molar-refractivity contribution in [2.24, 2.45) is 5.41 Å². The van der Waals surface area contributed by atoms with E-state index in [1.54, 1.807) is 0 Å². The third-order valence-electron chi connectivity index (χ3n) is 3.89. The molecule has 120 valence electrons. The van der Waals surface area contributed by atoms with E-state index in [2.05, 4.69) is 33.8 Å². The molecule has 0 radical (unpaired) electrons. The fourth-order valence-corrected chi connectivity index (χ4v) is 2.98. The molecule has 0 spiro atoms. The summed E-state index contributed by atoms with van der Waals surface area (Å²) in [4.78, 5) is 14.4. The summed E-state index contributed by atoms with van der Waals surface area (Å²) in [5.74, 6) is 0.197. The first-order chi connectivity index (χ1) is 9.46. The van der Waals surface area contributed by atoms with Crippen molar-refractivity contribution in [2.45, 2.75) is 60.4 Å². The minimum absolute atomic E-state index is 0. The molecule has 21 heavy (non-hydrogen) atoms. The minimum atomic E-state index is 0. The van der Waals surface area contributed by atoms with E-state index in [0.29, 0.717) is 0 Å². The van der Waals surface area contributed by atoms with Gasteiger partial charge in [-0.15, -0.1) is 0 Å². The Labute approximate surface area is 129 Å². The first-order valence-electron chi connectivity index (χ1n) is 7.86. The molecule has 0 saturated heterocycles. The van der Waals surface area contributed by atoms with Crippen LogP contribution in [-0.4, -0.2) is 22.8 Å². The lowest BCUT2D eigenvalue weighted by molar-refractivity contribution is 0.0643. The zero-order chi connectivity index (χ0) is 15.3. The molecule has 1 aliphatic rings. The van der Waals surface area contributed by atoms with Crippen LogP contribution in [0.5, 0.6) is 0 Å². The van der Waals surface area contributed by atoms with Crippen molar-refractivity contribution in [3.05, 3.63) is 35.4 Å². The SMILES string of the molecule is CC.CCCC(C)(C)CN1C(=O)c2ccccc2C1C.O. The highest BCUT2D eigenvalue weighted by Crippen LogP contribution is 2.36. The number of fused-ring (bicyclic) bond motifs is 1. The fraction of sp³-hybridized carbons (Fsp3) is 0.611. The zero-order valence-electron chi connectivity index (χ0n) is 14.4. The highest BCUT2D eigenvalue weighted by atomic mass is 16.2. The Kier molecular flexibility index (Phi) is 7.65. The quantitative estimate of drug-likeness (QED) is 0.819. The molecule has 1 amide bonds. The molecule has 1 aliphatic heterocycles. The zero-order valence-corrected chi connectivity index (χ0v) is 14.4. The second-order valence-corrected chi connectivity index (χ2v) is 6.11. The predicted octanol–water partition coefficient (Wildman–Crippen LogP) is 4.23. The monoisotopic (exact) mass is 293 g/mol. The summed E-state index contributed by atoms with van der Waals surface area (Å²) in [5, 5.41) is 0. The highest BCUT2D eigenvalue weighted by molar-refractivity contribution is 5.99. The summed E-state index contributed by atoms with van der Waals surface area (Å²) in [6.45, 7) is 13.7. The third-order valence-corrected chi connectivity index (χ3v) is 3.89. The van der Waals surface area contributed by atoms with Gasteiger partial charge in [0.1, 0.15) is 0 Å². The first kappa shape index (κ1) is 19.7. The maximum Gasteiger partial charge on any atom is 0.254 e. The van der Waals surface area contributed by atoms with Crippen LogP contribution in [-0.2, 0) is 0 Å². The van der Waals surface area contributed by atoms with Crippen molar-refractivity contribution < 1.29 is 10.3 Å². The molecule has 2 N–H and O–H groups in total.